The van der Waals surface area contributed by atoms with Gasteiger partial charge in [0.05, 0.1) is 0 Å². The number of carbonyl (C=O) groups excluding carboxylic acids is 1. The largest absolute Gasteiger partial charge is 0.368 e. The molecule has 23 heavy (non-hydrogen) atoms. The Bertz CT molecular complexity index is 563. The minimum absolute atomic E-state index is 0.0759. The number of amides is 1. The molecule has 4 nitrogen and oxygen atoms in total. The maximum atomic E-state index is 12.5. The molecule has 1 saturated carbocycles. The van der Waals surface area contributed by atoms with Crippen molar-refractivity contribution in [1.82, 2.24) is 0 Å². The molecule has 1 saturated heterocycles. The zero-order valence-corrected chi connectivity index (χ0v) is 14.3. The molecule has 1 aliphatic carbocycles. The Morgan fingerprint density at radius 3 is 2.74 bits per heavy atom. The lowest BCUT2D eigenvalue weighted by Gasteiger charge is -2.21. The zero-order valence-electron chi connectivity index (χ0n) is 13.5. The van der Waals surface area contributed by atoms with Crippen LogP contribution in [0.2, 0.25) is 0 Å². The first kappa shape index (κ1) is 16.7. The fourth-order valence-electron chi connectivity index (χ4n) is 3.36. The standard InChI is InChI=1S/C18H25NO3S/c20-18(17-10-5-11-22-17)19-15-7-4-6-14(12-15)13-23(21)16-8-2-1-3-9-16/h4,6-7,12,16-17H,1-3,5,8-11,13H2,(H,19,20)/t17-,23-/m0/s1. The number of ether oxygens (including phenoxy) is 1. The van der Waals surface area contributed by atoms with Crippen LogP contribution in [0.25, 0.3) is 0 Å². The fourth-order valence-corrected chi connectivity index (χ4v) is 4.96. The lowest BCUT2D eigenvalue weighted by molar-refractivity contribution is -0.124. The number of hydrogen-bond acceptors (Lipinski definition) is 3. The summed E-state index contributed by atoms with van der Waals surface area (Å²) in [6.07, 6.45) is 7.26. The molecule has 0 aromatic heterocycles. The molecule has 126 valence electrons. The Morgan fingerprint density at radius 2 is 2.00 bits per heavy atom. The Hall–Kier alpha value is -1.20. The van der Waals surface area contributed by atoms with E-state index in [1.54, 1.807) is 0 Å². The van der Waals surface area contributed by atoms with Crippen molar-refractivity contribution in [2.24, 2.45) is 0 Å². The van der Waals surface area contributed by atoms with Gasteiger partial charge in [-0.3, -0.25) is 9.00 Å². The van der Waals surface area contributed by atoms with Gasteiger partial charge in [-0.25, -0.2) is 0 Å². The van der Waals surface area contributed by atoms with Crippen LogP contribution >= 0.6 is 0 Å². The molecule has 0 bridgehead atoms. The topological polar surface area (TPSA) is 55.4 Å². The Balaban J connectivity index is 1.58. The van der Waals surface area contributed by atoms with Crippen LogP contribution in [-0.4, -0.2) is 28.1 Å². The number of benzene rings is 1. The highest BCUT2D eigenvalue weighted by Gasteiger charge is 2.24. The van der Waals surface area contributed by atoms with Crippen LogP contribution in [0.5, 0.6) is 0 Å². The predicted octanol–water partition coefficient (Wildman–Crippen LogP) is 3.39. The first-order valence-electron chi connectivity index (χ1n) is 8.61. The third kappa shape index (κ3) is 4.64. The second-order valence-corrected chi connectivity index (χ2v) is 8.19. The summed E-state index contributed by atoms with van der Waals surface area (Å²) in [4.78, 5) is 12.1. The molecule has 0 radical (unpaired) electrons. The number of rotatable bonds is 5. The molecule has 1 aromatic rings. The summed E-state index contributed by atoms with van der Waals surface area (Å²) < 4.78 is 17.9. The van der Waals surface area contributed by atoms with Crippen molar-refractivity contribution in [3.63, 3.8) is 0 Å². The first-order valence-corrected chi connectivity index (χ1v) is 9.99. The van der Waals surface area contributed by atoms with Crippen LogP contribution in [0.4, 0.5) is 5.69 Å². The first-order chi connectivity index (χ1) is 11.2. The van der Waals surface area contributed by atoms with E-state index in [-0.39, 0.29) is 12.0 Å². The van der Waals surface area contributed by atoms with E-state index in [9.17, 15) is 9.00 Å². The molecule has 2 aliphatic rings. The summed E-state index contributed by atoms with van der Waals surface area (Å²) in [7, 11) is -0.818. The average molecular weight is 335 g/mol. The molecule has 1 heterocycles. The van der Waals surface area contributed by atoms with Crippen LogP contribution in [0, 0.1) is 0 Å². The molecule has 1 aliphatic heterocycles. The van der Waals surface area contributed by atoms with E-state index in [0.29, 0.717) is 17.6 Å². The summed E-state index contributed by atoms with van der Waals surface area (Å²) in [6, 6.07) is 7.72. The van der Waals surface area contributed by atoms with E-state index in [2.05, 4.69) is 5.32 Å². The summed E-state index contributed by atoms with van der Waals surface area (Å²) in [5.74, 6) is 0.502. The van der Waals surface area contributed by atoms with Crippen molar-refractivity contribution in [2.75, 3.05) is 11.9 Å². The molecular weight excluding hydrogens is 310 g/mol. The normalized spacial score (nSPS) is 23.6. The summed E-state index contributed by atoms with van der Waals surface area (Å²) >= 11 is 0. The zero-order chi connectivity index (χ0) is 16.1. The Morgan fingerprint density at radius 1 is 1.17 bits per heavy atom. The van der Waals surface area contributed by atoms with E-state index in [4.69, 9.17) is 4.74 Å². The number of carbonyl (C=O) groups is 1. The number of anilines is 1. The van der Waals surface area contributed by atoms with Crippen molar-refractivity contribution in [3.8, 4) is 0 Å². The van der Waals surface area contributed by atoms with Crippen molar-refractivity contribution in [3.05, 3.63) is 29.8 Å². The average Bonchev–Trinajstić information content (AvgIpc) is 3.10. The lowest BCUT2D eigenvalue weighted by atomic mass is 10.0. The lowest BCUT2D eigenvalue weighted by Crippen LogP contribution is -2.26. The molecule has 2 fully saturated rings. The van der Waals surface area contributed by atoms with Crippen molar-refractivity contribution in [1.29, 1.82) is 0 Å². The summed E-state index contributed by atoms with van der Waals surface area (Å²) in [5.41, 5.74) is 1.79. The van der Waals surface area contributed by atoms with E-state index >= 15 is 0 Å². The molecule has 2 atom stereocenters. The van der Waals surface area contributed by atoms with Gasteiger partial charge in [0.15, 0.2) is 0 Å². The van der Waals surface area contributed by atoms with Gasteiger partial charge in [0.25, 0.3) is 5.91 Å². The summed E-state index contributed by atoms with van der Waals surface area (Å²) in [5, 5.41) is 3.26. The van der Waals surface area contributed by atoms with Gasteiger partial charge in [0.1, 0.15) is 6.10 Å². The van der Waals surface area contributed by atoms with Crippen LogP contribution in [0.1, 0.15) is 50.5 Å². The molecule has 1 N–H and O–H groups in total. The smallest absolute Gasteiger partial charge is 0.253 e. The second-order valence-electron chi connectivity index (χ2n) is 6.48. The van der Waals surface area contributed by atoms with E-state index in [1.165, 1.54) is 19.3 Å². The summed E-state index contributed by atoms with van der Waals surface area (Å²) in [6.45, 7) is 0.665. The van der Waals surface area contributed by atoms with Gasteiger partial charge in [-0.2, -0.15) is 0 Å². The fraction of sp³-hybridized carbons (Fsp3) is 0.611. The molecular formula is C18H25NO3S. The van der Waals surface area contributed by atoms with E-state index in [1.807, 2.05) is 24.3 Å². The molecule has 5 heteroatoms. The highest BCUT2D eigenvalue weighted by molar-refractivity contribution is 7.84. The SMILES string of the molecule is O=C(Nc1cccc(C[S@](=O)C2CCCCC2)c1)[C@@H]1CCCO1. The quantitative estimate of drug-likeness (QED) is 0.897. The van der Waals surface area contributed by atoms with Crippen molar-refractivity contribution < 1.29 is 13.7 Å². The minimum Gasteiger partial charge on any atom is -0.368 e. The van der Waals surface area contributed by atoms with Crippen LogP contribution in [0.15, 0.2) is 24.3 Å². The number of hydrogen-bond donors (Lipinski definition) is 1. The van der Waals surface area contributed by atoms with Gasteiger partial charge in [-0.15, -0.1) is 0 Å². The third-order valence-corrected chi connectivity index (χ3v) is 6.48. The van der Waals surface area contributed by atoms with Gasteiger partial charge < -0.3 is 10.1 Å². The molecule has 1 amide bonds. The molecule has 0 unspecified atom stereocenters. The van der Waals surface area contributed by atoms with Gasteiger partial charge in [0.2, 0.25) is 0 Å². The molecule has 0 spiro atoms. The monoisotopic (exact) mass is 335 g/mol. The Labute approximate surface area is 140 Å². The highest BCUT2D eigenvalue weighted by atomic mass is 32.2. The van der Waals surface area contributed by atoms with Crippen LogP contribution in [-0.2, 0) is 26.1 Å². The van der Waals surface area contributed by atoms with Crippen molar-refractivity contribution >= 4 is 22.4 Å². The van der Waals surface area contributed by atoms with Crippen LogP contribution in [0.3, 0.4) is 0 Å². The molecule has 1 aromatic carbocycles. The van der Waals surface area contributed by atoms with Gasteiger partial charge in [0, 0.05) is 34.1 Å². The maximum absolute atomic E-state index is 12.5. The highest BCUT2D eigenvalue weighted by Crippen LogP contribution is 2.24. The van der Waals surface area contributed by atoms with Crippen molar-refractivity contribution in [2.45, 2.75) is 62.1 Å². The van der Waals surface area contributed by atoms with E-state index < -0.39 is 10.8 Å². The Kier molecular flexibility index (Phi) is 5.84. The van der Waals surface area contributed by atoms with Gasteiger partial charge >= 0.3 is 0 Å². The van der Waals surface area contributed by atoms with Gasteiger partial charge in [-0.05, 0) is 43.4 Å². The second kappa shape index (κ2) is 8.06. The molecule has 3 rings (SSSR count). The minimum atomic E-state index is -0.818. The van der Waals surface area contributed by atoms with Crippen LogP contribution < -0.4 is 5.32 Å². The third-order valence-electron chi connectivity index (χ3n) is 4.65. The number of nitrogens with one attached hydrogen (secondary N) is 1. The van der Waals surface area contributed by atoms with E-state index in [0.717, 1.165) is 36.9 Å². The maximum Gasteiger partial charge on any atom is 0.253 e. The predicted molar refractivity (Wildman–Crippen MR) is 92.8 cm³/mol. The van der Waals surface area contributed by atoms with Gasteiger partial charge in [-0.1, -0.05) is 31.4 Å².